The van der Waals surface area contributed by atoms with Gasteiger partial charge in [-0.25, -0.2) is 0 Å². The first kappa shape index (κ1) is 11.9. The first-order chi connectivity index (χ1) is 9.31. The number of H-pyrrole nitrogens is 1. The molecule has 4 nitrogen and oxygen atoms in total. The van der Waals surface area contributed by atoms with Crippen LogP contribution in [0.4, 0.5) is 11.4 Å². The fraction of sp³-hybridized carbons (Fsp3) is 0.200. The Morgan fingerprint density at radius 2 is 2.00 bits per heavy atom. The summed E-state index contributed by atoms with van der Waals surface area (Å²) in [7, 11) is 0. The third-order valence-corrected chi connectivity index (χ3v) is 3.34. The molecule has 19 heavy (non-hydrogen) atoms. The van der Waals surface area contributed by atoms with Crippen molar-refractivity contribution in [2.45, 2.75) is 6.42 Å². The number of hydrogen-bond acceptors (Lipinski definition) is 3. The van der Waals surface area contributed by atoms with Crippen molar-refractivity contribution in [2.24, 2.45) is 0 Å². The summed E-state index contributed by atoms with van der Waals surface area (Å²) in [4.78, 5) is 3.41. The SMILES string of the molecule is Nc1ccc(NCCCO)c2[nH]c3ccccc3c12. The van der Waals surface area contributed by atoms with E-state index in [1.807, 2.05) is 30.3 Å². The molecule has 0 amide bonds. The number of aromatic nitrogens is 1. The van der Waals surface area contributed by atoms with Gasteiger partial charge in [0.25, 0.3) is 0 Å². The van der Waals surface area contributed by atoms with Crippen molar-refractivity contribution in [1.82, 2.24) is 4.98 Å². The molecule has 3 aromatic rings. The number of rotatable bonds is 4. The van der Waals surface area contributed by atoms with Crippen LogP contribution in [0.2, 0.25) is 0 Å². The number of para-hydroxylation sites is 1. The molecule has 0 unspecified atom stereocenters. The van der Waals surface area contributed by atoms with Gasteiger partial charge in [-0.3, -0.25) is 0 Å². The quantitative estimate of drug-likeness (QED) is 0.428. The number of benzene rings is 2. The van der Waals surface area contributed by atoms with Crippen molar-refractivity contribution < 1.29 is 5.11 Å². The van der Waals surface area contributed by atoms with E-state index in [1.54, 1.807) is 0 Å². The molecular formula is C15H17N3O. The van der Waals surface area contributed by atoms with Gasteiger partial charge in [0.1, 0.15) is 0 Å². The molecule has 4 heteroatoms. The minimum absolute atomic E-state index is 0.192. The van der Waals surface area contributed by atoms with E-state index in [1.165, 1.54) is 0 Å². The monoisotopic (exact) mass is 255 g/mol. The maximum atomic E-state index is 8.85. The zero-order chi connectivity index (χ0) is 13.2. The number of anilines is 2. The van der Waals surface area contributed by atoms with Crippen LogP contribution in [-0.2, 0) is 0 Å². The highest BCUT2D eigenvalue weighted by atomic mass is 16.3. The first-order valence-corrected chi connectivity index (χ1v) is 6.45. The van der Waals surface area contributed by atoms with Crippen LogP contribution in [0.25, 0.3) is 21.8 Å². The Morgan fingerprint density at radius 3 is 2.84 bits per heavy atom. The fourth-order valence-electron chi connectivity index (χ4n) is 2.43. The molecule has 1 heterocycles. The van der Waals surface area contributed by atoms with Crippen LogP contribution in [0.5, 0.6) is 0 Å². The molecule has 0 aliphatic carbocycles. The average Bonchev–Trinajstić information content (AvgIpc) is 2.82. The van der Waals surface area contributed by atoms with E-state index in [0.29, 0.717) is 0 Å². The molecule has 0 radical (unpaired) electrons. The molecular weight excluding hydrogens is 238 g/mol. The molecule has 0 bridgehead atoms. The van der Waals surface area contributed by atoms with E-state index >= 15 is 0 Å². The van der Waals surface area contributed by atoms with Gasteiger partial charge < -0.3 is 21.1 Å². The molecule has 2 aromatic carbocycles. The lowest BCUT2D eigenvalue weighted by molar-refractivity contribution is 0.292. The van der Waals surface area contributed by atoms with E-state index in [4.69, 9.17) is 10.8 Å². The molecule has 5 N–H and O–H groups in total. The highest BCUT2D eigenvalue weighted by Gasteiger charge is 2.10. The standard InChI is InChI=1S/C15H17N3O/c16-11-6-7-13(17-8-3-9-19)15-14(11)10-4-1-2-5-12(10)18-15/h1-2,4-7,17-19H,3,8-9,16H2. The lowest BCUT2D eigenvalue weighted by Crippen LogP contribution is -2.04. The Labute approximate surface area is 111 Å². The number of nitrogen functional groups attached to an aromatic ring is 1. The summed E-state index contributed by atoms with van der Waals surface area (Å²) in [5, 5.41) is 14.4. The molecule has 0 saturated heterocycles. The van der Waals surface area contributed by atoms with Gasteiger partial charge in [-0.2, -0.15) is 0 Å². The number of aliphatic hydroxyl groups excluding tert-OH is 1. The minimum Gasteiger partial charge on any atom is -0.398 e. The van der Waals surface area contributed by atoms with Gasteiger partial charge in [-0.15, -0.1) is 0 Å². The highest BCUT2D eigenvalue weighted by molar-refractivity contribution is 6.16. The highest BCUT2D eigenvalue weighted by Crippen LogP contribution is 2.34. The Bertz CT molecular complexity index is 718. The number of aliphatic hydroxyl groups is 1. The number of nitrogens with two attached hydrogens (primary N) is 1. The van der Waals surface area contributed by atoms with Crippen molar-refractivity contribution >= 4 is 33.2 Å². The second-order valence-corrected chi connectivity index (χ2v) is 4.63. The third kappa shape index (κ3) is 2.00. The normalized spacial score (nSPS) is 11.2. The lowest BCUT2D eigenvalue weighted by Gasteiger charge is -2.08. The van der Waals surface area contributed by atoms with Crippen molar-refractivity contribution in [3.8, 4) is 0 Å². The third-order valence-electron chi connectivity index (χ3n) is 3.34. The topological polar surface area (TPSA) is 74.1 Å². The van der Waals surface area contributed by atoms with Gasteiger partial charge in [0.15, 0.2) is 0 Å². The number of hydrogen-bond donors (Lipinski definition) is 4. The van der Waals surface area contributed by atoms with Gasteiger partial charge >= 0.3 is 0 Å². The minimum atomic E-state index is 0.192. The maximum Gasteiger partial charge on any atom is 0.0721 e. The number of fused-ring (bicyclic) bond motifs is 3. The van der Waals surface area contributed by atoms with E-state index in [-0.39, 0.29) is 6.61 Å². The zero-order valence-corrected chi connectivity index (χ0v) is 10.6. The van der Waals surface area contributed by atoms with Gasteiger partial charge in [-0.05, 0) is 24.6 Å². The molecule has 0 atom stereocenters. The molecule has 0 aliphatic rings. The van der Waals surface area contributed by atoms with Crippen molar-refractivity contribution in [2.75, 3.05) is 24.2 Å². The Balaban J connectivity index is 2.16. The Morgan fingerprint density at radius 1 is 1.16 bits per heavy atom. The van der Waals surface area contributed by atoms with Crippen LogP contribution >= 0.6 is 0 Å². The molecule has 0 saturated carbocycles. The van der Waals surface area contributed by atoms with Crippen LogP contribution in [0, 0.1) is 0 Å². The largest absolute Gasteiger partial charge is 0.398 e. The zero-order valence-electron chi connectivity index (χ0n) is 10.6. The van der Waals surface area contributed by atoms with Gasteiger partial charge in [0.05, 0.1) is 11.2 Å². The first-order valence-electron chi connectivity index (χ1n) is 6.45. The van der Waals surface area contributed by atoms with Gasteiger partial charge in [-0.1, -0.05) is 18.2 Å². The second kappa shape index (κ2) is 4.82. The van der Waals surface area contributed by atoms with Crippen molar-refractivity contribution in [3.05, 3.63) is 36.4 Å². The molecule has 98 valence electrons. The summed E-state index contributed by atoms with van der Waals surface area (Å²) in [6.07, 6.45) is 0.728. The molecule has 1 aromatic heterocycles. The van der Waals surface area contributed by atoms with E-state index < -0.39 is 0 Å². The van der Waals surface area contributed by atoms with Gasteiger partial charge in [0.2, 0.25) is 0 Å². The summed E-state index contributed by atoms with van der Waals surface area (Å²) in [5.74, 6) is 0. The van der Waals surface area contributed by atoms with Gasteiger partial charge in [0, 0.05) is 35.1 Å². The van der Waals surface area contributed by atoms with Crippen LogP contribution < -0.4 is 11.1 Å². The maximum absolute atomic E-state index is 8.85. The number of aromatic amines is 1. The van der Waals surface area contributed by atoms with E-state index in [2.05, 4.69) is 16.4 Å². The smallest absolute Gasteiger partial charge is 0.0721 e. The molecule has 0 aliphatic heterocycles. The van der Waals surface area contributed by atoms with E-state index in [9.17, 15) is 0 Å². The van der Waals surface area contributed by atoms with Crippen LogP contribution in [0.1, 0.15) is 6.42 Å². The fourth-order valence-corrected chi connectivity index (χ4v) is 2.43. The van der Waals surface area contributed by atoms with Crippen molar-refractivity contribution in [1.29, 1.82) is 0 Å². The predicted molar refractivity (Wildman–Crippen MR) is 80.4 cm³/mol. The lowest BCUT2D eigenvalue weighted by atomic mass is 10.1. The number of nitrogens with one attached hydrogen (secondary N) is 2. The second-order valence-electron chi connectivity index (χ2n) is 4.63. The molecule has 3 rings (SSSR count). The van der Waals surface area contributed by atoms with E-state index in [0.717, 1.165) is 46.1 Å². The van der Waals surface area contributed by atoms with Crippen molar-refractivity contribution in [3.63, 3.8) is 0 Å². The molecule has 0 spiro atoms. The summed E-state index contributed by atoms with van der Waals surface area (Å²) in [6.45, 7) is 0.933. The van der Waals surface area contributed by atoms with Crippen LogP contribution in [-0.4, -0.2) is 23.2 Å². The van der Waals surface area contributed by atoms with Crippen LogP contribution in [0.3, 0.4) is 0 Å². The Kier molecular flexibility index (Phi) is 3.01. The predicted octanol–water partition coefficient (Wildman–Crippen LogP) is 2.70. The Hall–Kier alpha value is -2.20. The average molecular weight is 255 g/mol. The molecule has 0 fully saturated rings. The summed E-state index contributed by atoms with van der Waals surface area (Å²) < 4.78 is 0. The summed E-state index contributed by atoms with van der Waals surface area (Å²) in [6, 6.07) is 12.0. The summed E-state index contributed by atoms with van der Waals surface area (Å²) >= 11 is 0. The summed E-state index contributed by atoms with van der Waals surface area (Å²) in [5.41, 5.74) is 10.0. The van der Waals surface area contributed by atoms with Crippen LogP contribution in [0.15, 0.2) is 36.4 Å².